The van der Waals surface area contributed by atoms with Gasteiger partial charge in [0.25, 0.3) is 0 Å². The summed E-state index contributed by atoms with van der Waals surface area (Å²) < 4.78 is 4.88. The van der Waals surface area contributed by atoms with Gasteiger partial charge in [0.1, 0.15) is 6.04 Å². The molecule has 1 aliphatic rings. The smallest absolute Gasteiger partial charge is 0.326 e. The van der Waals surface area contributed by atoms with Crippen LogP contribution < -0.4 is 5.32 Å². The molecule has 104 valence electrons. The molecule has 2 unspecified atom stereocenters. The van der Waals surface area contributed by atoms with E-state index in [0.29, 0.717) is 19.4 Å². The molecule has 18 heavy (non-hydrogen) atoms. The molecular formula is C12H21NO4S. The molecule has 1 rings (SSSR count). The van der Waals surface area contributed by atoms with Gasteiger partial charge in [-0.1, -0.05) is 6.42 Å². The second kappa shape index (κ2) is 8.37. The van der Waals surface area contributed by atoms with Crippen molar-refractivity contribution in [2.45, 2.75) is 43.4 Å². The summed E-state index contributed by atoms with van der Waals surface area (Å²) in [5, 5.41) is 11.6. The minimum Gasteiger partial charge on any atom is -0.480 e. The third-order valence-corrected chi connectivity index (χ3v) is 4.30. The van der Waals surface area contributed by atoms with Crippen LogP contribution in [0.4, 0.5) is 0 Å². The molecule has 0 aliphatic carbocycles. The molecule has 1 heterocycles. The number of rotatable bonds is 7. The Kier molecular flexibility index (Phi) is 7.12. The van der Waals surface area contributed by atoms with E-state index in [-0.39, 0.29) is 11.2 Å². The average Bonchev–Trinajstić information content (AvgIpc) is 2.38. The Morgan fingerprint density at radius 1 is 1.50 bits per heavy atom. The zero-order valence-electron chi connectivity index (χ0n) is 10.7. The molecule has 0 aromatic rings. The monoisotopic (exact) mass is 275 g/mol. The Balaban J connectivity index is 2.38. The number of carbonyl (C=O) groups excluding carboxylic acids is 1. The molecule has 2 atom stereocenters. The van der Waals surface area contributed by atoms with Crippen LogP contribution in [0.2, 0.25) is 0 Å². The third-order valence-electron chi connectivity index (χ3n) is 2.93. The van der Waals surface area contributed by atoms with Gasteiger partial charge < -0.3 is 15.2 Å². The number of nitrogens with one attached hydrogen (secondary N) is 1. The van der Waals surface area contributed by atoms with E-state index in [0.717, 1.165) is 25.0 Å². The van der Waals surface area contributed by atoms with Gasteiger partial charge >= 0.3 is 5.97 Å². The molecule has 0 aromatic heterocycles. The number of aliphatic carboxylic acids is 1. The maximum atomic E-state index is 11.9. The van der Waals surface area contributed by atoms with Gasteiger partial charge in [-0.15, -0.1) is 11.8 Å². The zero-order valence-corrected chi connectivity index (χ0v) is 11.5. The number of methoxy groups -OCH3 is 1. The van der Waals surface area contributed by atoms with Crippen LogP contribution in [0.5, 0.6) is 0 Å². The molecule has 0 bridgehead atoms. The number of carboxylic acids is 1. The highest BCUT2D eigenvalue weighted by Gasteiger charge is 2.26. The molecule has 0 saturated carbocycles. The van der Waals surface area contributed by atoms with Crippen LogP contribution in [0.25, 0.3) is 0 Å². The topological polar surface area (TPSA) is 75.6 Å². The van der Waals surface area contributed by atoms with Crippen molar-refractivity contribution >= 4 is 23.6 Å². The number of carboxylic acid groups (broad SMARTS) is 1. The van der Waals surface area contributed by atoms with Crippen molar-refractivity contribution in [3.8, 4) is 0 Å². The second-order valence-electron chi connectivity index (χ2n) is 4.39. The van der Waals surface area contributed by atoms with Crippen LogP contribution in [0.3, 0.4) is 0 Å². The van der Waals surface area contributed by atoms with Crippen molar-refractivity contribution in [3.63, 3.8) is 0 Å². The van der Waals surface area contributed by atoms with Crippen molar-refractivity contribution in [1.82, 2.24) is 5.32 Å². The van der Waals surface area contributed by atoms with Crippen LogP contribution in [0.1, 0.15) is 32.1 Å². The lowest BCUT2D eigenvalue weighted by Gasteiger charge is -2.22. The Morgan fingerprint density at radius 3 is 2.83 bits per heavy atom. The first kappa shape index (κ1) is 15.3. The molecule has 1 fully saturated rings. The second-order valence-corrected chi connectivity index (χ2v) is 5.70. The Hall–Kier alpha value is -0.750. The fraction of sp³-hybridized carbons (Fsp3) is 0.833. The Morgan fingerprint density at radius 2 is 2.28 bits per heavy atom. The van der Waals surface area contributed by atoms with Gasteiger partial charge in [0.15, 0.2) is 0 Å². The quantitative estimate of drug-likeness (QED) is 0.684. The molecule has 2 N–H and O–H groups in total. The predicted octanol–water partition coefficient (Wildman–Crippen LogP) is 1.27. The van der Waals surface area contributed by atoms with Gasteiger partial charge in [0, 0.05) is 13.7 Å². The molecule has 0 radical (unpaired) electrons. The summed E-state index contributed by atoms with van der Waals surface area (Å²) in [5.74, 6) is -0.121. The van der Waals surface area contributed by atoms with E-state index >= 15 is 0 Å². The lowest BCUT2D eigenvalue weighted by molar-refractivity contribution is -0.142. The number of hydrogen-bond acceptors (Lipinski definition) is 4. The van der Waals surface area contributed by atoms with Crippen molar-refractivity contribution in [1.29, 1.82) is 0 Å². The fourth-order valence-electron chi connectivity index (χ4n) is 1.90. The summed E-state index contributed by atoms with van der Waals surface area (Å²) in [4.78, 5) is 23.0. The van der Waals surface area contributed by atoms with Crippen LogP contribution in [-0.2, 0) is 14.3 Å². The zero-order chi connectivity index (χ0) is 13.4. The summed E-state index contributed by atoms with van der Waals surface area (Å²) >= 11 is 1.62. The first-order valence-corrected chi connectivity index (χ1v) is 7.33. The summed E-state index contributed by atoms with van der Waals surface area (Å²) in [6.45, 7) is 0.512. The van der Waals surface area contributed by atoms with Crippen molar-refractivity contribution in [3.05, 3.63) is 0 Å². The maximum Gasteiger partial charge on any atom is 0.326 e. The van der Waals surface area contributed by atoms with Gasteiger partial charge in [-0.3, -0.25) is 4.79 Å². The molecular weight excluding hydrogens is 254 g/mol. The van der Waals surface area contributed by atoms with Crippen LogP contribution in [-0.4, -0.2) is 47.7 Å². The van der Waals surface area contributed by atoms with Crippen LogP contribution in [0, 0.1) is 0 Å². The lowest BCUT2D eigenvalue weighted by Crippen LogP contribution is -2.45. The fourth-order valence-corrected chi connectivity index (χ4v) is 3.11. The number of thioether (sulfide) groups is 1. The number of carbonyl (C=O) groups is 2. The minimum atomic E-state index is -0.972. The molecule has 1 aliphatic heterocycles. The van der Waals surface area contributed by atoms with Gasteiger partial charge in [0.05, 0.1) is 5.25 Å². The first-order chi connectivity index (χ1) is 8.65. The first-order valence-electron chi connectivity index (χ1n) is 6.29. The summed E-state index contributed by atoms with van der Waals surface area (Å²) in [5.41, 5.74) is 0. The van der Waals surface area contributed by atoms with Gasteiger partial charge in [-0.05, 0) is 31.4 Å². The van der Waals surface area contributed by atoms with Gasteiger partial charge in [0.2, 0.25) is 5.91 Å². The van der Waals surface area contributed by atoms with E-state index in [1.807, 2.05) is 0 Å². The van der Waals surface area contributed by atoms with Gasteiger partial charge in [-0.25, -0.2) is 4.79 Å². The molecule has 0 spiro atoms. The summed E-state index contributed by atoms with van der Waals surface area (Å²) in [7, 11) is 1.58. The van der Waals surface area contributed by atoms with E-state index in [1.165, 1.54) is 0 Å². The molecule has 5 nitrogen and oxygen atoms in total. The van der Waals surface area contributed by atoms with Crippen molar-refractivity contribution in [2.75, 3.05) is 19.5 Å². The minimum absolute atomic E-state index is 0.0805. The maximum absolute atomic E-state index is 11.9. The van der Waals surface area contributed by atoms with E-state index in [4.69, 9.17) is 9.84 Å². The SMILES string of the molecule is COCCCC(NC(=O)C1CCCCS1)C(=O)O. The highest BCUT2D eigenvalue weighted by atomic mass is 32.2. The average molecular weight is 275 g/mol. The highest BCUT2D eigenvalue weighted by molar-refractivity contribution is 8.00. The number of ether oxygens (including phenoxy) is 1. The third kappa shape index (κ3) is 5.27. The van der Waals surface area contributed by atoms with E-state index in [9.17, 15) is 9.59 Å². The highest BCUT2D eigenvalue weighted by Crippen LogP contribution is 2.25. The molecule has 6 heteroatoms. The van der Waals surface area contributed by atoms with E-state index < -0.39 is 12.0 Å². The van der Waals surface area contributed by atoms with Crippen molar-refractivity contribution < 1.29 is 19.4 Å². The number of hydrogen-bond donors (Lipinski definition) is 2. The number of amides is 1. The predicted molar refractivity (Wildman–Crippen MR) is 70.8 cm³/mol. The Labute approximate surface area is 112 Å². The normalized spacial score (nSPS) is 21.3. The van der Waals surface area contributed by atoms with E-state index in [2.05, 4.69) is 5.32 Å². The van der Waals surface area contributed by atoms with Crippen LogP contribution in [0.15, 0.2) is 0 Å². The molecule has 1 amide bonds. The standard InChI is InChI=1S/C12H21NO4S/c1-17-7-4-5-9(12(15)16)13-11(14)10-6-2-3-8-18-10/h9-10H,2-8H2,1H3,(H,13,14)(H,15,16). The Bertz CT molecular complexity index is 279. The van der Waals surface area contributed by atoms with Crippen LogP contribution >= 0.6 is 11.8 Å². The summed E-state index contributed by atoms with van der Waals surface area (Å²) in [6, 6.07) is -0.796. The lowest BCUT2D eigenvalue weighted by atomic mass is 10.1. The molecule has 0 aromatic carbocycles. The molecule has 1 saturated heterocycles. The van der Waals surface area contributed by atoms with E-state index in [1.54, 1.807) is 18.9 Å². The van der Waals surface area contributed by atoms with Crippen molar-refractivity contribution in [2.24, 2.45) is 0 Å². The summed E-state index contributed by atoms with van der Waals surface area (Å²) in [6.07, 6.45) is 4.08. The largest absolute Gasteiger partial charge is 0.480 e. The van der Waals surface area contributed by atoms with Gasteiger partial charge in [-0.2, -0.15) is 0 Å².